The maximum absolute atomic E-state index is 12.1. The fraction of sp³-hybridized carbons (Fsp3) is 0.357. The third-order valence-electron chi connectivity index (χ3n) is 3.11. The molecule has 1 heterocycles. The minimum absolute atomic E-state index is 0.0375. The van der Waals surface area contributed by atoms with Gasteiger partial charge in [-0.2, -0.15) is 0 Å². The number of nitrogens with one attached hydrogen (secondary N) is 1. The number of carboxylic acid groups (broad SMARTS) is 1. The molecule has 2 N–H and O–H groups in total. The molecule has 7 nitrogen and oxygen atoms in total. The van der Waals surface area contributed by atoms with Crippen molar-refractivity contribution in [3.63, 3.8) is 0 Å². The van der Waals surface area contributed by atoms with E-state index in [1.54, 1.807) is 13.0 Å². The topological polar surface area (TPSA) is 101 Å². The van der Waals surface area contributed by atoms with Crippen LogP contribution in [0, 0.1) is 0 Å². The second-order valence-electron chi connectivity index (χ2n) is 4.64. The first-order chi connectivity index (χ1) is 9.95. The van der Waals surface area contributed by atoms with Crippen LogP contribution in [0.4, 0.5) is 0 Å². The zero-order valence-corrected chi connectivity index (χ0v) is 11.8. The molecule has 0 saturated carbocycles. The molecule has 1 atom stereocenters. The summed E-state index contributed by atoms with van der Waals surface area (Å²) in [4.78, 5) is 37.5. The van der Waals surface area contributed by atoms with Gasteiger partial charge in [-0.3, -0.25) is 14.2 Å². The highest BCUT2D eigenvalue weighted by atomic mass is 16.5. The number of benzene rings is 1. The van der Waals surface area contributed by atoms with Gasteiger partial charge in [-0.05, 0) is 26.0 Å². The van der Waals surface area contributed by atoms with Crippen LogP contribution >= 0.6 is 0 Å². The first-order valence-corrected chi connectivity index (χ1v) is 6.56. The summed E-state index contributed by atoms with van der Waals surface area (Å²) in [6.07, 6.45) is -0.320. The van der Waals surface area contributed by atoms with E-state index >= 15 is 0 Å². The fourth-order valence-electron chi connectivity index (χ4n) is 2.28. The van der Waals surface area contributed by atoms with Gasteiger partial charge >= 0.3 is 17.1 Å². The number of aromatic amines is 1. The monoisotopic (exact) mass is 292 g/mol. The number of rotatable bonds is 5. The zero-order valence-electron chi connectivity index (χ0n) is 11.8. The first kappa shape index (κ1) is 15.0. The van der Waals surface area contributed by atoms with Gasteiger partial charge in [-0.1, -0.05) is 6.07 Å². The SMILES string of the molecule is CCOC(C)Cn1c(=O)c(=O)[nH]c2cccc(C(=O)O)c21. The molecule has 1 aromatic heterocycles. The van der Waals surface area contributed by atoms with Gasteiger partial charge in [0, 0.05) is 6.61 Å². The lowest BCUT2D eigenvalue weighted by Crippen LogP contribution is -2.39. The number of hydrogen-bond acceptors (Lipinski definition) is 4. The minimum atomic E-state index is -1.16. The van der Waals surface area contributed by atoms with Crippen LogP contribution in [0.25, 0.3) is 11.0 Å². The maximum atomic E-state index is 12.1. The lowest BCUT2D eigenvalue weighted by Gasteiger charge is -2.16. The predicted octanol–water partition coefficient (Wildman–Crippen LogP) is 0.813. The largest absolute Gasteiger partial charge is 0.478 e. The van der Waals surface area contributed by atoms with E-state index in [-0.39, 0.29) is 23.7 Å². The molecule has 112 valence electrons. The van der Waals surface area contributed by atoms with Crippen LogP contribution in [0.1, 0.15) is 24.2 Å². The Kier molecular flexibility index (Phi) is 4.23. The summed E-state index contributed by atoms with van der Waals surface area (Å²) in [5, 5.41) is 9.27. The Morgan fingerprint density at radius 3 is 2.76 bits per heavy atom. The first-order valence-electron chi connectivity index (χ1n) is 6.56. The zero-order chi connectivity index (χ0) is 15.6. The van der Waals surface area contributed by atoms with Crippen LogP contribution in [0.15, 0.2) is 27.8 Å². The highest BCUT2D eigenvalue weighted by Gasteiger charge is 2.17. The van der Waals surface area contributed by atoms with Crippen LogP contribution in [-0.4, -0.2) is 33.3 Å². The van der Waals surface area contributed by atoms with Gasteiger partial charge in [0.2, 0.25) is 0 Å². The van der Waals surface area contributed by atoms with E-state index in [4.69, 9.17) is 4.74 Å². The Morgan fingerprint density at radius 1 is 1.43 bits per heavy atom. The molecular formula is C14H16N2O5. The average molecular weight is 292 g/mol. The third-order valence-corrected chi connectivity index (χ3v) is 3.11. The number of H-pyrrole nitrogens is 1. The van der Waals surface area contributed by atoms with E-state index in [1.165, 1.54) is 12.1 Å². The highest BCUT2D eigenvalue weighted by molar-refractivity contribution is 6.00. The maximum Gasteiger partial charge on any atom is 0.337 e. The van der Waals surface area contributed by atoms with Crippen LogP contribution in [0.3, 0.4) is 0 Å². The van der Waals surface area contributed by atoms with Crippen molar-refractivity contribution in [2.45, 2.75) is 26.5 Å². The van der Waals surface area contributed by atoms with Gasteiger partial charge in [0.25, 0.3) is 0 Å². The molecule has 0 radical (unpaired) electrons. The number of aromatic nitrogens is 2. The molecule has 1 aromatic carbocycles. The summed E-state index contributed by atoms with van der Waals surface area (Å²) in [7, 11) is 0. The van der Waals surface area contributed by atoms with Gasteiger partial charge in [0.15, 0.2) is 0 Å². The molecule has 0 bridgehead atoms. The number of para-hydroxylation sites is 1. The normalized spacial score (nSPS) is 12.5. The lowest BCUT2D eigenvalue weighted by molar-refractivity contribution is 0.0635. The van der Waals surface area contributed by atoms with Crippen molar-refractivity contribution in [2.24, 2.45) is 0 Å². The van der Waals surface area contributed by atoms with Crippen molar-refractivity contribution in [1.29, 1.82) is 0 Å². The molecule has 1 unspecified atom stereocenters. The van der Waals surface area contributed by atoms with Crippen LogP contribution in [0.5, 0.6) is 0 Å². The summed E-state index contributed by atoms with van der Waals surface area (Å²) in [5.74, 6) is -1.16. The molecular weight excluding hydrogens is 276 g/mol. The Labute approximate surface area is 119 Å². The van der Waals surface area contributed by atoms with Crippen LogP contribution < -0.4 is 11.1 Å². The second-order valence-corrected chi connectivity index (χ2v) is 4.64. The van der Waals surface area contributed by atoms with Crippen molar-refractivity contribution in [3.8, 4) is 0 Å². The van der Waals surface area contributed by atoms with E-state index in [9.17, 15) is 19.5 Å². The molecule has 0 aliphatic carbocycles. The molecule has 2 aromatic rings. The Balaban J connectivity index is 2.76. The average Bonchev–Trinajstić information content (AvgIpc) is 2.43. The molecule has 0 saturated heterocycles. The Hall–Kier alpha value is -2.41. The molecule has 7 heteroatoms. The van der Waals surface area contributed by atoms with E-state index < -0.39 is 17.1 Å². The molecule has 2 rings (SSSR count). The number of nitrogens with zero attached hydrogens (tertiary/aromatic N) is 1. The summed E-state index contributed by atoms with van der Waals surface area (Å²) in [5.41, 5.74) is -1.11. The molecule has 0 aliphatic heterocycles. The van der Waals surface area contributed by atoms with Crippen molar-refractivity contribution in [1.82, 2.24) is 9.55 Å². The Bertz CT molecular complexity index is 790. The van der Waals surface area contributed by atoms with Crippen LogP contribution in [-0.2, 0) is 11.3 Å². The summed E-state index contributed by atoms with van der Waals surface area (Å²) < 4.78 is 6.54. The van der Waals surface area contributed by atoms with Gasteiger partial charge in [0.1, 0.15) is 0 Å². The number of ether oxygens (including phenoxy) is 1. The van der Waals surface area contributed by atoms with Gasteiger partial charge in [-0.25, -0.2) is 4.79 Å². The number of fused-ring (bicyclic) bond motifs is 1. The van der Waals surface area contributed by atoms with E-state index in [0.717, 1.165) is 4.57 Å². The van der Waals surface area contributed by atoms with Gasteiger partial charge in [0.05, 0.1) is 29.2 Å². The second kappa shape index (κ2) is 5.92. The molecule has 0 aliphatic rings. The standard InChI is InChI=1S/C14H16N2O5/c1-3-21-8(2)7-16-11-9(14(19)20)5-4-6-10(11)15-12(17)13(16)18/h4-6,8H,3,7H2,1-2H3,(H,15,17)(H,19,20). The number of aromatic carboxylic acids is 1. The minimum Gasteiger partial charge on any atom is -0.478 e. The molecule has 0 spiro atoms. The highest BCUT2D eigenvalue weighted by Crippen LogP contribution is 2.15. The molecule has 0 amide bonds. The van der Waals surface area contributed by atoms with Crippen LogP contribution in [0.2, 0.25) is 0 Å². The van der Waals surface area contributed by atoms with Gasteiger partial charge < -0.3 is 14.8 Å². The predicted molar refractivity (Wildman–Crippen MR) is 76.9 cm³/mol. The van der Waals surface area contributed by atoms with E-state index in [2.05, 4.69) is 4.98 Å². The van der Waals surface area contributed by atoms with E-state index in [0.29, 0.717) is 12.1 Å². The number of carbonyl (C=O) groups is 1. The summed E-state index contributed by atoms with van der Waals surface area (Å²) in [6.45, 7) is 4.14. The summed E-state index contributed by atoms with van der Waals surface area (Å²) in [6, 6.07) is 4.47. The van der Waals surface area contributed by atoms with Crippen molar-refractivity contribution in [2.75, 3.05) is 6.61 Å². The Morgan fingerprint density at radius 2 is 2.14 bits per heavy atom. The third kappa shape index (κ3) is 2.87. The fourth-order valence-corrected chi connectivity index (χ4v) is 2.28. The molecule has 21 heavy (non-hydrogen) atoms. The smallest absolute Gasteiger partial charge is 0.337 e. The quantitative estimate of drug-likeness (QED) is 0.794. The number of hydrogen-bond donors (Lipinski definition) is 2. The lowest BCUT2D eigenvalue weighted by atomic mass is 10.1. The van der Waals surface area contributed by atoms with Gasteiger partial charge in [-0.15, -0.1) is 0 Å². The van der Waals surface area contributed by atoms with E-state index in [1.807, 2.05) is 6.92 Å². The molecule has 0 fully saturated rings. The number of carboxylic acids is 1. The van der Waals surface area contributed by atoms with Crippen molar-refractivity contribution < 1.29 is 14.6 Å². The van der Waals surface area contributed by atoms with Crippen molar-refractivity contribution in [3.05, 3.63) is 44.5 Å². The summed E-state index contributed by atoms with van der Waals surface area (Å²) >= 11 is 0. The van der Waals surface area contributed by atoms with Crippen molar-refractivity contribution >= 4 is 17.0 Å².